The van der Waals surface area contributed by atoms with Gasteiger partial charge in [-0.3, -0.25) is 9.48 Å². The van der Waals surface area contributed by atoms with E-state index in [1.807, 2.05) is 17.5 Å². The normalized spacial score (nSPS) is 13.6. The largest absolute Gasteiger partial charge is 0.492 e. The minimum absolute atomic E-state index is 0.178. The standard InChI is InChI=1S/C22H22F3N3O2S/c23-22(24,25)20-18-5-1-2-6-19(18)28(27-20)11-12-30-16-9-7-15(8-10-16)21(29)26-14-17-4-3-13-31-17/h3-4,7-10,13H,1-2,5-6,11-12,14H2,(H,26,29). The Bertz CT molecular complexity index is 1030. The summed E-state index contributed by atoms with van der Waals surface area (Å²) in [4.78, 5) is 13.3. The number of hydrogen-bond donors (Lipinski definition) is 1. The van der Waals surface area contributed by atoms with E-state index in [-0.39, 0.29) is 19.1 Å². The Morgan fingerprint density at radius 1 is 1.16 bits per heavy atom. The average Bonchev–Trinajstić information content (AvgIpc) is 3.40. The predicted molar refractivity (Wildman–Crippen MR) is 111 cm³/mol. The Hall–Kier alpha value is -2.81. The van der Waals surface area contributed by atoms with Gasteiger partial charge in [-0.25, -0.2) is 0 Å². The molecule has 0 radical (unpaired) electrons. The molecular weight excluding hydrogens is 427 g/mol. The van der Waals surface area contributed by atoms with Gasteiger partial charge in [-0.2, -0.15) is 18.3 Å². The first-order valence-corrected chi connectivity index (χ1v) is 11.0. The van der Waals surface area contributed by atoms with Gasteiger partial charge in [0.2, 0.25) is 0 Å². The van der Waals surface area contributed by atoms with Crippen molar-refractivity contribution >= 4 is 17.2 Å². The lowest BCUT2D eigenvalue weighted by atomic mass is 9.95. The molecule has 0 saturated carbocycles. The van der Waals surface area contributed by atoms with E-state index in [4.69, 9.17) is 4.74 Å². The minimum Gasteiger partial charge on any atom is -0.492 e. The number of aromatic nitrogens is 2. The lowest BCUT2D eigenvalue weighted by Crippen LogP contribution is -2.22. The molecule has 0 saturated heterocycles. The molecule has 1 aliphatic carbocycles. The maximum absolute atomic E-state index is 13.3. The van der Waals surface area contributed by atoms with Gasteiger partial charge in [0.25, 0.3) is 5.91 Å². The second-order valence-corrected chi connectivity index (χ2v) is 8.37. The van der Waals surface area contributed by atoms with E-state index in [1.54, 1.807) is 35.6 Å². The number of fused-ring (bicyclic) bond motifs is 1. The van der Waals surface area contributed by atoms with Crippen LogP contribution in [0.2, 0.25) is 0 Å². The molecular formula is C22H22F3N3O2S. The van der Waals surface area contributed by atoms with Crippen molar-refractivity contribution in [2.45, 2.75) is 44.9 Å². The first-order chi connectivity index (χ1) is 14.9. The van der Waals surface area contributed by atoms with E-state index < -0.39 is 11.9 Å². The van der Waals surface area contributed by atoms with Crippen LogP contribution in [0.3, 0.4) is 0 Å². The van der Waals surface area contributed by atoms with Crippen LogP contribution in [0, 0.1) is 0 Å². The van der Waals surface area contributed by atoms with Gasteiger partial charge in [0, 0.05) is 21.7 Å². The molecule has 0 fully saturated rings. The molecule has 3 aromatic rings. The lowest BCUT2D eigenvalue weighted by molar-refractivity contribution is -0.142. The van der Waals surface area contributed by atoms with Gasteiger partial charge < -0.3 is 10.1 Å². The Balaban J connectivity index is 1.33. The number of nitrogens with one attached hydrogen (secondary N) is 1. The molecule has 2 heterocycles. The Morgan fingerprint density at radius 3 is 2.65 bits per heavy atom. The fourth-order valence-corrected chi connectivity index (χ4v) is 4.36. The first-order valence-electron chi connectivity index (χ1n) is 10.1. The number of carbonyl (C=O) groups excluding carboxylic acids is 1. The smallest absolute Gasteiger partial charge is 0.435 e. The minimum atomic E-state index is -4.44. The highest BCUT2D eigenvalue weighted by Crippen LogP contribution is 2.35. The van der Waals surface area contributed by atoms with E-state index in [0.29, 0.717) is 42.0 Å². The molecule has 1 N–H and O–H groups in total. The highest BCUT2D eigenvalue weighted by atomic mass is 32.1. The fraction of sp³-hybridized carbons (Fsp3) is 0.364. The average molecular weight is 449 g/mol. The van der Waals surface area contributed by atoms with Crippen LogP contribution >= 0.6 is 11.3 Å². The summed E-state index contributed by atoms with van der Waals surface area (Å²) in [5, 5.41) is 8.64. The van der Waals surface area contributed by atoms with Crippen molar-refractivity contribution in [3.05, 3.63) is 69.2 Å². The molecule has 1 aromatic carbocycles. The number of nitrogens with zero attached hydrogens (tertiary/aromatic N) is 2. The Morgan fingerprint density at radius 2 is 1.94 bits per heavy atom. The van der Waals surface area contributed by atoms with Gasteiger partial charge in [0.15, 0.2) is 5.69 Å². The summed E-state index contributed by atoms with van der Waals surface area (Å²) in [6.07, 6.45) is -1.79. The van der Waals surface area contributed by atoms with Crippen LogP contribution in [0.4, 0.5) is 13.2 Å². The molecule has 1 amide bonds. The number of alkyl halides is 3. The summed E-state index contributed by atoms with van der Waals surface area (Å²) in [5.41, 5.74) is 0.747. The van der Waals surface area contributed by atoms with Crippen LogP contribution in [0.1, 0.15) is 45.0 Å². The maximum atomic E-state index is 13.3. The van der Waals surface area contributed by atoms with Gasteiger partial charge >= 0.3 is 6.18 Å². The van der Waals surface area contributed by atoms with Crippen molar-refractivity contribution in [1.82, 2.24) is 15.1 Å². The van der Waals surface area contributed by atoms with E-state index in [1.165, 1.54) is 4.68 Å². The SMILES string of the molecule is O=C(NCc1cccs1)c1ccc(OCCn2nc(C(F)(F)F)c3c2CCCC3)cc1. The Kier molecular flexibility index (Phi) is 6.31. The lowest BCUT2D eigenvalue weighted by Gasteiger charge is -2.15. The zero-order valence-corrected chi connectivity index (χ0v) is 17.6. The van der Waals surface area contributed by atoms with E-state index >= 15 is 0 Å². The molecule has 1 aliphatic rings. The van der Waals surface area contributed by atoms with Gasteiger partial charge in [0.1, 0.15) is 12.4 Å². The van der Waals surface area contributed by atoms with Crippen LogP contribution in [0.15, 0.2) is 41.8 Å². The van der Waals surface area contributed by atoms with Crippen molar-refractivity contribution in [3.63, 3.8) is 0 Å². The molecule has 164 valence electrons. The summed E-state index contributed by atoms with van der Waals surface area (Å²) in [6, 6.07) is 10.6. The van der Waals surface area contributed by atoms with Crippen molar-refractivity contribution in [2.75, 3.05) is 6.61 Å². The number of ether oxygens (including phenoxy) is 1. The van der Waals surface area contributed by atoms with E-state index in [2.05, 4.69) is 10.4 Å². The molecule has 0 atom stereocenters. The predicted octanol–water partition coefficient (Wildman–Crippen LogP) is 4.85. The van der Waals surface area contributed by atoms with E-state index in [9.17, 15) is 18.0 Å². The third kappa shape index (κ3) is 5.10. The van der Waals surface area contributed by atoms with Crippen LogP contribution in [0.5, 0.6) is 5.75 Å². The van der Waals surface area contributed by atoms with Gasteiger partial charge in [0.05, 0.1) is 13.1 Å². The zero-order valence-electron chi connectivity index (χ0n) is 16.7. The number of hydrogen-bond acceptors (Lipinski definition) is 4. The Labute approximate surface area is 181 Å². The molecule has 4 rings (SSSR count). The zero-order chi connectivity index (χ0) is 21.8. The summed E-state index contributed by atoms with van der Waals surface area (Å²) in [6.45, 7) is 0.902. The number of carbonyl (C=O) groups is 1. The van der Waals surface area contributed by atoms with Crippen LogP contribution in [-0.4, -0.2) is 22.3 Å². The highest BCUT2D eigenvalue weighted by molar-refractivity contribution is 7.09. The summed E-state index contributed by atoms with van der Waals surface area (Å²) in [7, 11) is 0. The molecule has 0 spiro atoms. The second-order valence-electron chi connectivity index (χ2n) is 7.34. The summed E-state index contributed by atoms with van der Waals surface area (Å²) >= 11 is 1.58. The molecule has 5 nitrogen and oxygen atoms in total. The second kappa shape index (κ2) is 9.13. The number of benzene rings is 1. The van der Waals surface area contributed by atoms with Gasteiger partial charge in [-0.1, -0.05) is 6.07 Å². The molecule has 0 unspecified atom stereocenters. The van der Waals surface area contributed by atoms with Crippen LogP contribution < -0.4 is 10.1 Å². The maximum Gasteiger partial charge on any atom is 0.435 e. The van der Waals surface area contributed by atoms with Gasteiger partial charge in [-0.05, 0) is 61.4 Å². The third-order valence-electron chi connectivity index (χ3n) is 5.22. The first kappa shape index (κ1) is 21.4. The fourth-order valence-electron chi connectivity index (χ4n) is 3.72. The van der Waals surface area contributed by atoms with Crippen molar-refractivity contribution in [1.29, 1.82) is 0 Å². The monoisotopic (exact) mass is 449 g/mol. The van der Waals surface area contributed by atoms with Gasteiger partial charge in [-0.15, -0.1) is 11.3 Å². The molecule has 0 bridgehead atoms. The van der Waals surface area contributed by atoms with Crippen molar-refractivity contribution < 1.29 is 22.7 Å². The molecule has 9 heteroatoms. The summed E-state index contributed by atoms with van der Waals surface area (Å²) in [5.74, 6) is 0.370. The third-order valence-corrected chi connectivity index (χ3v) is 6.09. The number of thiophene rings is 1. The number of rotatable bonds is 7. The molecule has 0 aliphatic heterocycles. The molecule has 2 aromatic heterocycles. The summed E-state index contributed by atoms with van der Waals surface area (Å²) < 4.78 is 46.9. The highest BCUT2D eigenvalue weighted by Gasteiger charge is 2.39. The van der Waals surface area contributed by atoms with Crippen LogP contribution in [0.25, 0.3) is 0 Å². The number of halogens is 3. The van der Waals surface area contributed by atoms with E-state index in [0.717, 1.165) is 17.7 Å². The quantitative estimate of drug-likeness (QED) is 0.561. The number of amides is 1. The van der Waals surface area contributed by atoms with Crippen LogP contribution in [-0.2, 0) is 32.1 Å². The van der Waals surface area contributed by atoms with Crippen molar-refractivity contribution in [2.24, 2.45) is 0 Å². The topological polar surface area (TPSA) is 56.1 Å². The molecule has 31 heavy (non-hydrogen) atoms. The van der Waals surface area contributed by atoms with Crippen molar-refractivity contribution in [3.8, 4) is 5.75 Å².